The number of carbonyl (C=O) groups excluding carboxylic acids is 1. The summed E-state index contributed by atoms with van der Waals surface area (Å²) < 4.78 is 0. The first kappa shape index (κ1) is 18.1. The molecule has 0 bridgehead atoms. The number of nitrogens with one attached hydrogen (secondary N) is 1. The Balaban J connectivity index is 2.32. The standard InChI is InChI=1S/C16H30N2O3/c1-11-6-7-16(2,3)14(11)5-4-12(17)9-18-13(10-19)8-15(20)21/h10-14,18H,4-9,17H2,1-3H3,(H,20,21)/t11?,12?,13-,14?/m1/s1. The number of hydrogen-bond donors (Lipinski definition) is 3. The smallest absolute Gasteiger partial charge is 0.305 e. The maximum Gasteiger partial charge on any atom is 0.305 e. The molecule has 122 valence electrons. The molecule has 0 radical (unpaired) electrons. The molecule has 1 saturated carbocycles. The molecule has 0 aromatic carbocycles. The summed E-state index contributed by atoms with van der Waals surface area (Å²) >= 11 is 0. The maximum absolute atomic E-state index is 10.8. The third kappa shape index (κ3) is 5.75. The van der Waals surface area contributed by atoms with E-state index in [4.69, 9.17) is 10.8 Å². The summed E-state index contributed by atoms with van der Waals surface area (Å²) in [6.07, 6.45) is 5.02. The molecule has 0 saturated heterocycles. The highest BCUT2D eigenvalue weighted by atomic mass is 16.4. The van der Waals surface area contributed by atoms with Crippen LogP contribution in [0.15, 0.2) is 0 Å². The minimum Gasteiger partial charge on any atom is -0.481 e. The zero-order valence-electron chi connectivity index (χ0n) is 13.5. The van der Waals surface area contributed by atoms with E-state index in [0.717, 1.165) is 18.8 Å². The summed E-state index contributed by atoms with van der Waals surface area (Å²) in [6.45, 7) is 7.47. The Morgan fingerprint density at radius 2 is 2.19 bits per heavy atom. The molecular weight excluding hydrogens is 268 g/mol. The Morgan fingerprint density at radius 3 is 2.67 bits per heavy atom. The lowest BCUT2D eigenvalue weighted by molar-refractivity contribution is -0.138. The van der Waals surface area contributed by atoms with E-state index in [9.17, 15) is 9.59 Å². The van der Waals surface area contributed by atoms with Gasteiger partial charge in [0.1, 0.15) is 6.29 Å². The highest BCUT2D eigenvalue weighted by Crippen LogP contribution is 2.48. The van der Waals surface area contributed by atoms with Gasteiger partial charge in [0, 0.05) is 12.6 Å². The first-order valence-electron chi connectivity index (χ1n) is 7.92. The topological polar surface area (TPSA) is 92.4 Å². The predicted octanol–water partition coefficient (Wildman–Crippen LogP) is 1.80. The van der Waals surface area contributed by atoms with Crippen LogP contribution in [0.2, 0.25) is 0 Å². The molecule has 0 aromatic rings. The molecule has 4 atom stereocenters. The van der Waals surface area contributed by atoms with E-state index in [1.165, 1.54) is 12.8 Å². The molecule has 1 aliphatic rings. The fraction of sp³-hybridized carbons (Fsp3) is 0.875. The summed E-state index contributed by atoms with van der Waals surface area (Å²) in [5.74, 6) is 0.467. The fourth-order valence-corrected chi connectivity index (χ4v) is 3.59. The van der Waals surface area contributed by atoms with Crippen molar-refractivity contribution in [2.24, 2.45) is 23.0 Å². The molecule has 1 fully saturated rings. The minimum absolute atomic E-state index is 0.0372. The predicted molar refractivity (Wildman–Crippen MR) is 83.0 cm³/mol. The first-order chi connectivity index (χ1) is 9.76. The van der Waals surface area contributed by atoms with Crippen molar-refractivity contribution in [3.63, 3.8) is 0 Å². The Kier molecular flexibility index (Phi) is 6.81. The Bertz CT molecular complexity index is 357. The van der Waals surface area contributed by atoms with E-state index >= 15 is 0 Å². The Hall–Kier alpha value is -0.940. The second-order valence-corrected chi connectivity index (χ2v) is 7.20. The molecule has 0 aromatic heterocycles. The molecule has 1 rings (SSSR count). The van der Waals surface area contributed by atoms with Gasteiger partial charge in [0.05, 0.1) is 12.5 Å². The van der Waals surface area contributed by atoms with Gasteiger partial charge in [0.25, 0.3) is 0 Å². The van der Waals surface area contributed by atoms with Crippen LogP contribution in [0, 0.1) is 17.3 Å². The number of carboxylic acid groups (broad SMARTS) is 1. The second-order valence-electron chi connectivity index (χ2n) is 7.20. The number of rotatable bonds is 9. The first-order valence-corrected chi connectivity index (χ1v) is 7.92. The number of aliphatic carboxylic acids is 1. The molecule has 1 aliphatic carbocycles. The van der Waals surface area contributed by atoms with Crippen molar-refractivity contribution in [1.29, 1.82) is 0 Å². The molecule has 0 aliphatic heterocycles. The number of aldehydes is 1. The molecule has 5 nitrogen and oxygen atoms in total. The van der Waals surface area contributed by atoms with Gasteiger partial charge in [0.15, 0.2) is 0 Å². The quantitative estimate of drug-likeness (QED) is 0.564. The molecule has 5 heteroatoms. The summed E-state index contributed by atoms with van der Waals surface area (Å²) in [7, 11) is 0. The van der Waals surface area contributed by atoms with Crippen LogP contribution in [0.4, 0.5) is 0 Å². The van der Waals surface area contributed by atoms with Crippen molar-refractivity contribution in [3.8, 4) is 0 Å². The van der Waals surface area contributed by atoms with Gasteiger partial charge in [-0.05, 0) is 42.9 Å². The molecule has 0 amide bonds. The van der Waals surface area contributed by atoms with Crippen LogP contribution in [0.25, 0.3) is 0 Å². The lowest BCUT2D eigenvalue weighted by Crippen LogP contribution is -2.41. The van der Waals surface area contributed by atoms with Crippen molar-refractivity contribution >= 4 is 12.3 Å². The summed E-state index contributed by atoms with van der Waals surface area (Å²) in [4.78, 5) is 21.4. The van der Waals surface area contributed by atoms with E-state index in [1.54, 1.807) is 0 Å². The lowest BCUT2D eigenvalue weighted by Gasteiger charge is -2.30. The van der Waals surface area contributed by atoms with Gasteiger partial charge < -0.3 is 21.0 Å². The summed E-state index contributed by atoms with van der Waals surface area (Å²) in [5.41, 5.74) is 6.48. The van der Waals surface area contributed by atoms with Crippen LogP contribution in [-0.2, 0) is 9.59 Å². The monoisotopic (exact) mass is 298 g/mol. The molecular formula is C16H30N2O3. The van der Waals surface area contributed by atoms with Crippen molar-refractivity contribution in [2.75, 3.05) is 6.54 Å². The van der Waals surface area contributed by atoms with E-state index in [-0.39, 0.29) is 12.5 Å². The van der Waals surface area contributed by atoms with Crippen LogP contribution >= 0.6 is 0 Å². The average Bonchev–Trinajstić information content (AvgIpc) is 2.65. The summed E-state index contributed by atoms with van der Waals surface area (Å²) in [6, 6.07) is -0.680. The maximum atomic E-state index is 10.8. The van der Waals surface area contributed by atoms with Crippen molar-refractivity contribution in [3.05, 3.63) is 0 Å². The number of carboxylic acids is 1. The van der Waals surface area contributed by atoms with Gasteiger partial charge in [0.2, 0.25) is 0 Å². The van der Waals surface area contributed by atoms with Crippen LogP contribution in [0.5, 0.6) is 0 Å². The largest absolute Gasteiger partial charge is 0.481 e. The van der Waals surface area contributed by atoms with Gasteiger partial charge in [-0.1, -0.05) is 20.8 Å². The zero-order chi connectivity index (χ0) is 16.0. The van der Waals surface area contributed by atoms with Crippen LogP contribution in [-0.4, -0.2) is 36.0 Å². The Morgan fingerprint density at radius 1 is 1.52 bits per heavy atom. The van der Waals surface area contributed by atoms with Gasteiger partial charge in [-0.2, -0.15) is 0 Å². The van der Waals surface area contributed by atoms with Crippen molar-refractivity contribution in [1.82, 2.24) is 5.32 Å². The van der Waals surface area contributed by atoms with Crippen molar-refractivity contribution in [2.45, 2.75) is 65.0 Å². The molecule has 3 unspecified atom stereocenters. The van der Waals surface area contributed by atoms with Gasteiger partial charge >= 0.3 is 5.97 Å². The lowest BCUT2D eigenvalue weighted by atomic mass is 9.76. The van der Waals surface area contributed by atoms with E-state index in [2.05, 4.69) is 26.1 Å². The zero-order valence-corrected chi connectivity index (χ0v) is 13.5. The van der Waals surface area contributed by atoms with Gasteiger partial charge in [-0.25, -0.2) is 0 Å². The fourth-order valence-electron chi connectivity index (χ4n) is 3.59. The molecule has 0 spiro atoms. The van der Waals surface area contributed by atoms with Gasteiger partial charge in [-0.3, -0.25) is 4.79 Å². The SMILES string of the molecule is CC1CCC(C)(C)C1CCC(N)CN[C@@H](C=O)CC(=O)O. The second kappa shape index (κ2) is 7.90. The minimum atomic E-state index is -0.977. The van der Waals surface area contributed by atoms with Gasteiger partial charge in [-0.15, -0.1) is 0 Å². The highest BCUT2D eigenvalue weighted by molar-refractivity contribution is 5.73. The average molecular weight is 298 g/mol. The number of nitrogens with two attached hydrogens (primary N) is 1. The van der Waals surface area contributed by atoms with Crippen LogP contribution < -0.4 is 11.1 Å². The Labute approximate surface area is 127 Å². The van der Waals surface area contributed by atoms with Crippen LogP contribution in [0.3, 0.4) is 0 Å². The third-order valence-electron chi connectivity index (χ3n) is 4.98. The third-order valence-corrected chi connectivity index (χ3v) is 4.98. The van der Waals surface area contributed by atoms with E-state index < -0.39 is 12.0 Å². The van der Waals surface area contributed by atoms with Crippen LogP contribution in [0.1, 0.15) is 52.9 Å². The van der Waals surface area contributed by atoms with E-state index in [0.29, 0.717) is 24.2 Å². The molecule has 4 N–H and O–H groups in total. The molecule has 0 heterocycles. The highest BCUT2D eigenvalue weighted by Gasteiger charge is 2.39. The summed E-state index contributed by atoms with van der Waals surface area (Å²) in [5, 5.41) is 11.6. The normalized spacial score (nSPS) is 27.2. The van der Waals surface area contributed by atoms with E-state index in [1.807, 2.05) is 0 Å². The van der Waals surface area contributed by atoms with Crippen molar-refractivity contribution < 1.29 is 14.7 Å². The number of hydrogen-bond acceptors (Lipinski definition) is 4. The molecule has 21 heavy (non-hydrogen) atoms. The number of carbonyl (C=O) groups is 2.